The van der Waals surface area contributed by atoms with Crippen LogP contribution in [0.25, 0.3) is 5.69 Å². The number of halogens is 2. The number of aryl methyl sites for hydroxylation is 1. The van der Waals surface area contributed by atoms with Crippen LogP contribution in [0.15, 0.2) is 24.4 Å². The lowest BCUT2D eigenvalue weighted by Gasteiger charge is -2.05. The zero-order valence-electron chi connectivity index (χ0n) is 9.67. The maximum Gasteiger partial charge on any atom is 0.149 e. The van der Waals surface area contributed by atoms with Crippen molar-refractivity contribution in [1.82, 2.24) is 15.1 Å². The van der Waals surface area contributed by atoms with Crippen LogP contribution in [-0.4, -0.2) is 16.8 Å². The van der Waals surface area contributed by atoms with E-state index in [0.29, 0.717) is 6.54 Å². The molecule has 5 heteroatoms. The minimum atomic E-state index is -0.483. The number of hydrogen-bond donors (Lipinski definition) is 1. The Hall–Kier alpha value is -1.75. The van der Waals surface area contributed by atoms with Gasteiger partial charge in [-0.15, -0.1) is 0 Å². The molecule has 0 aliphatic carbocycles. The fourth-order valence-electron chi connectivity index (χ4n) is 1.58. The molecule has 0 bridgehead atoms. The summed E-state index contributed by atoms with van der Waals surface area (Å²) in [6, 6.07) is 4.08. The maximum absolute atomic E-state index is 13.7. The lowest BCUT2D eigenvalue weighted by atomic mass is 10.2. The third-order valence-electron chi connectivity index (χ3n) is 2.48. The van der Waals surface area contributed by atoms with E-state index < -0.39 is 11.6 Å². The molecule has 0 saturated carbocycles. The average molecular weight is 237 g/mol. The number of rotatable bonds is 3. The first-order chi connectivity index (χ1) is 8.11. The smallest absolute Gasteiger partial charge is 0.149 e. The van der Waals surface area contributed by atoms with Crippen LogP contribution >= 0.6 is 0 Å². The summed E-state index contributed by atoms with van der Waals surface area (Å²) in [5.74, 6) is -0.921. The predicted octanol–water partition coefficient (Wildman–Crippen LogP) is 2.18. The van der Waals surface area contributed by atoms with E-state index >= 15 is 0 Å². The summed E-state index contributed by atoms with van der Waals surface area (Å²) in [6.45, 7) is 2.11. The van der Waals surface area contributed by atoms with E-state index in [1.807, 2.05) is 0 Å². The largest absolute Gasteiger partial charge is 0.314 e. The van der Waals surface area contributed by atoms with Crippen molar-refractivity contribution >= 4 is 0 Å². The highest BCUT2D eigenvalue weighted by Gasteiger charge is 2.10. The van der Waals surface area contributed by atoms with Gasteiger partial charge in [0.05, 0.1) is 5.69 Å². The van der Waals surface area contributed by atoms with Gasteiger partial charge in [-0.1, -0.05) is 0 Å². The number of nitrogens with one attached hydrogen (secondary N) is 1. The Morgan fingerprint density at radius 1 is 1.29 bits per heavy atom. The highest BCUT2D eigenvalue weighted by Crippen LogP contribution is 2.17. The quantitative estimate of drug-likeness (QED) is 0.886. The van der Waals surface area contributed by atoms with E-state index in [9.17, 15) is 8.78 Å². The molecule has 90 valence electrons. The van der Waals surface area contributed by atoms with Gasteiger partial charge < -0.3 is 5.32 Å². The van der Waals surface area contributed by atoms with Gasteiger partial charge in [0.1, 0.15) is 17.3 Å². The summed E-state index contributed by atoms with van der Waals surface area (Å²) in [7, 11) is 1.80. The summed E-state index contributed by atoms with van der Waals surface area (Å²) in [6.07, 6.45) is 1.61. The summed E-state index contributed by atoms with van der Waals surface area (Å²) in [4.78, 5) is 0. The molecule has 0 aliphatic heterocycles. The number of hydrogen-bond acceptors (Lipinski definition) is 2. The third kappa shape index (κ3) is 2.34. The average Bonchev–Trinajstić information content (AvgIpc) is 2.72. The van der Waals surface area contributed by atoms with Gasteiger partial charge in [-0.25, -0.2) is 13.5 Å². The number of nitrogens with zero attached hydrogens (tertiary/aromatic N) is 2. The van der Waals surface area contributed by atoms with Crippen LogP contribution < -0.4 is 5.32 Å². The second kappa shape index (κ2) is 4.63. The van der Waals surface area contributed by atoms with Crippen LogP contribution in [0.2, 0.25) is 0 Å². The molecule has 0 unspecified atom stereocenters. The van der Waals surface area contributed by atoms with E-state index in [0.717, 1.165) is 11.8 Å². The second-order valence-corrected chi connectivity index (χ2v) is 3.83. The zero-order chi connectivity index (χ0) is 12.4. The zero-order valence-corrected chi connectivity index (χ0v) is 9.67. The fraction of sp³-hybridized carbons (Fsp3) is 0.250. The predicted molar refractivity (Wildman–Crippen MR) is 61.0 cm³/mol. The Labute approximate surface area is 98.1 Å². The van der Waals surface area contributed by atoms with E-state index in [2.05, 4.69) is 10.4 Å². The van der Waals surface area contributed by atoms with Crippen LogP contribution in [0.5, 0.6) is 0 Å². The molecule has 0 radical (unpaired) electrons. The summed E-state index contributed by atoms with van der Waals surface area (Å²) in [5, 5.41) is 7.09. The Morgan fingerprint density at radius 2 is 2.06 bits per heavy atom. The van der Waals surface area contributed by atoms with Crippen LogP contribution in [-0.2, 0) is 6.54 Å². The van der Waals surface area contributed by atoms with Gasteiger partial charge in [-0.3, -0.25) is 0 Å². The van der Waals surface area contributed by atoms with E-state index in [4.69, 9.17) is 0 Å². The summed E-state index contributed by atoms with van der Waals surface area (Å²) >= 11 is 0. The van der Waals surface area contributed by atoms with Gasteiger partial charge in [0.15, 0.2) is 0 Å². The van der Waals surface area contributed by atoms with E-state index in [1.54, 1.807) is 19.3 Å². The molecular formula is C12H13F2N3. The van der Waals surface area contributed by atoms with Gasteiger partial charge in [0.25, 0.3) is 0 Å². The molecule has 0 aliphatic rings. The highest BCUT2D eigenvalue weighted by atomic mass is 19.1. The second-order valence-electron chi connectivity index (χ2n) is 3.83. The van der Waals surface area contributed by atoms with Crippen molar-refractivity contribution in [2.24, 2.45) is 0 Å². The van der Waals surface area contributed by atoms with Crippen molar-refractivity contribution < 1.29 is 8.78 Å². The van der Waals surface area contributed by atoms with Gasteiger partial charge >= 0.3 is 0 Å². The van der Waals surface area contributed by atoms with Gasteiger partial charge in [0.2, 0.25) is 0 Å². The number of benzene rings is 1. The molecule has 1 heterocycles. The van der Waals surface area contributed by atoms with E-state index in [1.165, 1.54) is 17.7 Å². The molecule has 0 saturated heterocycles. The standard InChI is InChI=1S/C12H13F2N3/c1-8-5-11(14)12(6-10(8)13)17-4-3-9(16-17)7-15-2/h3-6,15H,7H2,1-2H3. The lowest BCUT2D eigenvalue weighted by molar-refractivity contribution is 0.579. The summed E-state index contributed by atoms with van der Waals surface area (Å²) < 4.78 is 28.4. The Morgan fingerprint density at radius 3 is 2.76 bits per heavy atom. The minimum absolute atomic E-state index is 0.121. The van der Waals surface area contributed by atoms with Gasteiger partial charge in [-0.2, -0.15) is 5.10 Å². The molecule has 2 rings (SSSR count). The van der Waals surface area contributed by atoms with Crippen molar-refractivity contribution in [1.29, 1.82) is 0 Å². The molecule has 0 amide bonds. The SMILES string of the molecule is CNCc1ccn(-c2cc(F)c(C)cc2F)n1. The van der Waals surface area contributed by atoms with Crippen molar-refractivity contribution in [2.45, 2.75) is 13.5 Å². The molecule has 0 spiro atoms. The summed E-state index contributed by atoms with van der Waals surface area (Å²) in [5.41, 5.74) is 1.18. The van der Waals surface area contributed by atoms with Crippen LogP contribution in [0.4, 0.5) is 8.78 Å². The maximum atomic E-state index is 13.7. The van der Waals surface area contributed by atoms with Crippen molar-refractivity contribution in [3.05, 3.63) is 47.3 Å². The minimum Gasteiger partial charge on any atom is -0.314 e. The molecule has 2 aromatic rings. The van der Waals surface area contributed by atoms with Gasteiger partial charge in [0, 0.05) is 18.8 Å². The number of aromatic nitrogens is 2. The Bertz CT molecular complexity index is 535. The first-order valence-electron chi connectivity index (χ1n) is 5.27. The highest BCUT2D eigenvalue weighted by molar-refractivity contribution is 5.36. The molecule has 1 N–H and O–H groups in total. The normalized spacial score (nSPS) is 10.8. The van der Waals surface area contributed by atoms with Crippen molar-refractivity contribution in [3.8, 4) is 5.69 Å². The molecular weight excluding hydrogens is 224 g/mol. The lowest BCUT2D eigenvalue weighted by Crippen LogP contribution is -2.07. The molecule has 0 atom stereocenters. The molecule has 3 nitrogen and oxygen atoms in total. The first-order valence-corrected chi connectivity index (χ1v) is 5.27. The van der Waals surface area contributed by atoms with Crippen molar-refractivity contribution in [2.75, 3.05) is 7.05 Å². The molecule has 0 fully saturated rings. The third-order valence-corrected chi connectivity index (χ3v) is 2.48. The molecule has 1 aromatic carbocycles. The van der Waals surface area contributed by atoms with Crippen LogP contribution in [0.1, 0.15) is 11.3 Å². The van der Waals surface area contributed by atoms with Crippen LogP contribution in [0.3, 0.4) is 0 Å². The van der Waals surface area contributed by atoms with Crippen molar-refractivity contribution in [3.63, 3.8) is 0 Å². The molecule has 17 heavy (non-hydrogen) atoms. The monoisotopic (exact) mass is 237 g/mol. The topological polar surface area (TPSA) is 29.9 Å². The van der Waals surface area contributed by atoms with E-state index in [-0.39, 0.29) is 11.3 Å². The van der Waals surface area contributed by atoms with Gasteiger partial charge in [-0.05, 0) is 31.7 Å². The Kier molecular flexibility index (Phi) is 3.19. The fourth-order valence-corrected chi connectivity index (χ4v) is 1.58. The van der Waals surface area contributed by atoms with Crippen LogP contribution in [0, 0.1) is 18.6 Å². The molecule has 1 aromatic heterocycles. The first kappa shape index (κ1) is 11.7. The Balaban J connectivity index is 2.41.